The van der Waals surface area contributed by atoms with Gasteiger partial charge in [0, 0.05) is 19.3 Å². The van der Waals surface area contributed by atoms with E-state index in [0.717, 1.165) is 27.5 Å². The number of fused-ring (bicyclic) bond motifs is 3. The monoisotopic (exact) mass is 318 g/mol. The highest BCUT2D eigenvalue weighted by Gasteiger charge is 2.14. The third-order valence-electron chi connectivity index (χ3n) is 3.38. The quantitative estimate of drug-likeness (QED) is 0.780. The lowest BCUT2D eigenvalue weighted by Gasteiger charge is -2.09. The van der Waals surface area contributed by atoms with Crippen molar-refractivity contribution in [2.45, 2.75) is 0 Å². The molecule has 1 aromatic carbocycles. The van der Waals surface area contributed by atoms with Gasteiger partial charge in [0.2, 0.25) is 0 Å². The minimum atomic E-state index is -0.139. The normalized spacial score (nSPS) is 11.5. The second kappa shape index (κ2) is 5.94. The van der Waals surface area contributed by atoms with Crippen LogP contribution in [0.5, 0.6) is 5.75 Å². The van der Waals surface area contributed by atoms with Gasteiger partial charge in [0.1, 0.15) is 11.4 Å². The van der Waals surface area contributed by atoms with E-state index in [1.54, 1.807) is 24.6 Å². The number of imidazole rings is 1. The number of methoxy groups -OCH3 is 1. The van der Waals surface area contributed by atoms with Crippen LogP contribution in [0.4, 0.5) is 0 Å². The van der Waals surface area contributed by atoms with E-state index in [1.165, 1.54) is 0 Å². The van der Waals surface area contributed by atoms with Gasteiger partial charge in [-0.3, -0.25) is 9.20 Å². The van der Waals surface area contributed by atoms with Crippen molar-refractivity contribution in [1.29, 1.82) is 0 Å². The summed E-state index contributed by atoms with van der Waals surface area (Å²) >= 11 is 1.54. The Kier molecular flexibility index (Phi) is 4.00. The predicted octanol–water partition coefficient (Wildman–Crippen LogP) is 1.85. The second-order valence-electron chi connectivity index (χ2n) is 5.27. The molecule has 0 unspecified atom stereocenters. The van der Waals surface area contributed by atoms with Crippen molar-refractivity contribution in [2.24, 2.45) is 0 Å². The Morgan fingerprint density at radius 1 is 1.45 bits per heavy atom. The Hall–Kier alpha value is -2.12. The van der Waals surface area contributed by atoms with Gasteiger partial charge in [0.05, 0.1) is 17.3 Å². The van der Waals surface area contributed by atoms with E-state index in [9.17, 15) is 4.79 Å². The van der Waals surface area contributed by atoms with Crippen molar-refractivity contribution in [3.05, 3.63) is 30.1 Å². The molecule has 6 nitrogen and oxygen atoms in total. The van der Waals surface area contributed by atoms with Gasteiger partial charge >= 0.3 is 0 Å². The van der Waals surface area contributed by atoms with Crippen LogP contribution in [0.2, 0.25) is 0 Å². The number of benzene rings is 1. The highest BCUT2D eigenvalue weighted by molar-refractivity contribution is 7.23. The number of hydrogen-bond acceptors (Lipinski definition) is 5. The van der Waals surface area contributed by atoms with Crippen LogP contribution in [-0.2, 0) is 0 Å². The number of ether oxygens (including phenoxy) is 1. The number of aromatic nitrogens is 2. The number of likely N-dealkylation sites (N-methyl/N-ethyl adjacent to an activating group) is 1. The van der Waals surface area contributed by atoms with Crippen LogP contribution in [0.3, 0.4) is 0 Å². The zero-order valence-corrected chi connectivity index (χ0v) is 13.6. The number of carbonyl (C=O) groups excluding carboxylic acids is 1. The molecule has 3 aromatic rings. The first-order valence-corrected chi connectivity index (χ1v) is 7.78. The number of rotatable bonds is 5. The van der Waals surface area contributed by atoms with Gasteiger partial charge in [-0.2, -0.15) is 0 Å². The standard InChI is InChI=1S/C15H18N4O2S/c1-18(2)7-6-16-14(20)11-9-19-12-5-4-10(21-3)8-13(12)22-15(19)17-11/h4-5,8-9H,6-7H2,1-3H3,(H,16,20). The summed E-state index contributed by atoms with van der Waals surface area (Å²) in [6, 6.07) is 5.86. The third kappa shape index (κ3) is 2.77. The molecule has 7 heteroatoms. The summed E-state index contributed by atoms with van der Waals surface area (Å²) in [7, 11) is 5.59. The van der Waals surface area contributed by atoms with Gasteiger partial charge in [-0.05, 0) is 32.3 Å². The van der Waals surface area contributed by atoms with Crippen LogP contribution in [-0.4, -0.2) is 54.5 Å². The van der Waals surface area contributed by atoms with E-state index in [2.05, 4.69) is 10.3 Å². The minimum absolute atomic E-state index is 0.139. The first-order valence-electron chi connectivity index (χ1n) is 6.97. The van der Waals surface area contributed by atoms with Crippen molar-refractivity contribution in [1.82, 2.24) is 19.6 Å². The molecule has 0 aliphatic heterocycles. The highest BCUT2D eigenvalue weighted by Crippen LogP contribution is 2.29. The fraction of sp³-hybridized carbons (Fsp3) is 0.333. The van der Waals surface area contributed by atoms with Gasteiger partial charge in [-0.15, -0.1) is 0 Å². The summed E-state index contributed by atoms with van der Waals surface area (Å²) in [6.45, 7) is 1.41. The highest BCUT2D eigenvalue weighted by atomic mass is 32.1. The van der Waals surface area contributed by atoms with Crippen molar-refractivity contribution in [2.75, 3.05) is 34.3 Å². The van der Waals surface area contributed by atoms with Gasteiger partial charge in [0.15, 0.2) is 4.96 Å². The Morgan fingerprint density at radius 2 is 2.27 bits per heavy atom. The number of carbonyl (C=O) groups is 1. The van der Waals surface area contributed by atoms with Crippen molar-refractivity contribution in [3.8, 4) is 5.75 Å². The van der Waals surface area contributed by atoms with E-state index < -0.39 is 0 Å². The van der Waals surface area contributed by atoms with Crippen molar-refractivity contribution in [3.63, 3.8) is 0 Å². The zero-order chi connectivity index (χ0) is 15.7. The third-order valence-corrected chi connectivity index (χ3v) is 4.40. The molecule has 0 radical (unpaired) electrons. The number of nitrogens with zero attached hydrogens (tertiary/aromatic N) is 3. The number of amides is 1. The van der Waals surface area contributed by atoms with Gasteiger partial charge in [0.25, 0.3) is 5.91 Å². The lowest BCUT2D eigenvalue weighted by molar-refractivity contribution is 0.0946. The lowest BCUT2D eigenvalue weighted by Crippen LogP contribution is -2.31. The van der Waals surface area contributed by atoms with Crippen LogP contribution >= 0.6 is 11.3 Å². The molecule has 0 atom stereocenters. The lowest BCUT2D eigenvalue weighted by atomic mass is 10.3. The second-order valence-corrected chi connectivity index (χ2v) is 6.28. The van der Waals surface area contributed by atoms with Crippen molar-refractivity contribution < 1.29 is 9.53 Å². The SMILES string of the molecule is COc1ccc2c(c1)sc1nc(C(=O)NCCN(C)C)cn12. The van der Waals surface area contributed by atoms with E-state index in [4.69, 9.17) is 4.74 Å². The van der Waals surface area contributed by atoms with Crippen LogP contribution < -0.4 is 10.1 Å². The minimum Gasteiger partial charge on any atom is -0.497 e. The number of nitrogens with one attached hydrogen (secondary N) is 1. The Balaban J connectivity index is 1.85. The average Bonchev–Trinajstić information content (AvgIpc) is 3.03. The molecule has 0 aliphatic carbocycles. The molecule has 0 saturated carbocycles. The Bertz CT molecular complexity index is 822. The fourth-order valence-corrected chi connectivity index (χ4v) is 3.24. The molecule has 0 saturated heterocycles. The first kappa shape index (κ1) is 14.8. The zero-order valence-electron chi connectivity index (χ0n) is 12.8. The fourth-order valence-electron chi connectivity index (χ4n) is 2.20. The molecular weight excluding hydrogens is 300 g/mol. The van der Waals surface area contributed by atoms with Gasteiger partial charge < -0.3 is 15.0 Å². The molecule has 1 amide bonds. The molecule has 116 valence electrons. The van der Waals surface area contributed by atoms with Crippen molar-refractivity contribution >= 4 is 32.4 Å². The van der Waals surface area contributed by atoms with Gasteiger partial charge in [-0.1, -0.05) is 11.3 Å². The molecule has 0 fully saturated rings. The summed E-state index contributed by atoms with van der Waals surface area (Å²) in [6.07, 6.45) is 1.78. The van der Waals surface area contributed by atoms with Crippen LogP contribution in [0.1, 0.15) is 10.5 Å². The summed E-state index contributed by atoms with van der Waals surface area (Å²) in [4.78, 5) is 19.4. The molecule has 0 spiro atoms. The van der Waals surface area contributed by atoms with E-state index in [0.29, 0.717) is 12.2 Å². The number of thiazole rings is 1. The summed E-state index contributed by atoms with van der Waals surface area (Å²) in [5, 5.41) is 2.88. The van der Waals surface area contributed by atoms with E-state index >= 15 is 0 Å². The van der Waals surface area contributed by atoms with Crippen LogP contribution in [0, 0.1) is 0 Å². The Labute approximate surface area is 132 Å². The topological polar surface area (TPSA) is 58.9 Å². The van der Waals surface area contributed by atoms with Crippen LogP contribution in [0.25, 0.3) is 15.2 Å². The van der Waals surface area contributed by atoms with Crippen LogP contribution in [0.15, 0.2) is 24.4 Å². The largest absolute Gasteiger partial charge is 0.497 e. The average molecular weight is 318 g/mol. The molecule has 1 N–H and O–H groups in total. The summed E-state index contributed by atoms with van der Waals surface area (Å²) in [5.74, 6) is 0.679. The maximum Gasteiger partial charge on any atom is 0.271 e. The predicted molar refractivity (Wildman–Crippen MR) is 88.0 cm³/mol. The summed E-state index contributed by atoms with van der Waals surface area (Å²) < 4.78 is 8.26. The molecular formula is C15H18N4O2S. The smallest absolute Gasteiger partial charge is 0.271 e. The van der Waals surface area contributed by atoms with Gasteiger partial charge in [-0.25, -0.2) is 4.98 Å². The van der Waals surface area contributed by atoms with E-state index in [-0.39, 0.29) is 5.91 Å². The molecule has 2 aromatic heterocycles. The maximum absolute atomic E-state index is 12.1. The molecule has 2 heterocycles. The Morgan fingerprint density at radius 3 is 3.00 bits per heavy atom. The molecule has 22 heavy (non-hydrogen) atoms. The van der Waals surface area contributed by atoms with E-state index in [1.807, 2.05) is 41.6 Å². The molecule has 0 bridgehead atoms. The molecule has 3 rings (SSSR count). The first-order chi connectivity index (χ1) is 10.6. The molecule has 0 aliphatic rings. The maximum atomic E-state index is 12.1. The number of hydrogen-bond donors (Lipinski definition) is 1. The summed E-state index contributed by atoms with van der Waals surface area (Å²) in [5.41, 5.74) is 1.48.